The molecule has 1 aromatic rings. The zero-order chi connectivity index (χ0) is 8.43. The summed E-state index contributed by atoms with van der Waals surface area (Å²) in [5, 5.41) is 2.83. The summed E-state index contributed by atoms with van der Waals surface area (Å²) in [5.41, 5.74) is 12.7. The summed E-state index contributed by atoms with van der Waals surface area (Å²) in [6.07, 6.45) is 0. The van der Waals surface area contributed by atoms with E-state index in [2.05, 4.69) is 13.8 Å². The van der Waals surface area contributed by atoms with E-state index in [-0.39, 0.29) is 6.04 Å². The molecule has 0 amide bonds. The van der Waals surface area contributed by atoms with E-state index in [1.807, 2.05) is 11.4 Å². The lowest BCUT2D eigenvalue weighted by Gasteiger charge is -2.14. The highest BCUT2D eigenvalue weighted by atomic mass is 32.1. The van der Waals surface area contributed by atoms with Crippen molar-refractivity contribution >= 4 is 16.3 Å². The summed E-state index contributed by atoms with van der Waals surface area (Å²) in [6, 6.07) is 2.09. The Morgan fingerprint density at radius 2 is 2.09 bits per heavy atom. The highest BCUT2D eigenvalue weighted by Crippen LogP contribution is 2.28. The van der Waals surface area contributed by atoms with E-state index < -0.39 is 0 Å². The second kappa shape index (κ2) is 3.24. The molecule has 0 aliphatic heterocycles. The van der Waals surface area contributed by atoms with Crippen molar-refractivity contribution in [3.63, 3.8) is 0 Å². The average molecular weight is 170 g/mol. The van der Waals surface area contributed by atoms with E-state index in [9.17, 15) is 0 Å². The Morgan fingerprint density at radius 3 is 2.45 bits per heavy atom. The Bertz CT molecular complexity index is 230. The van der Waals surface area contributed by atoms with Gasteiger partial charge in [0.2, 0.25) is 0 Å². The van der Waals surface area contributed by atoms with Crippen LogP contribution in [0.1, 0.15) is 25.5 Å². The number of anilines is 1. The SMILES string of the molecule is CC(C)C(N)c1ccsc1N. The molecule has 0 saturated carbocycles. The van der Waals surface area contributed by atoms with Crippen molar-refractivity contribution < 1.29 is 0 Å². The molecular formula is C8H14N2S. The highest BCUT2D eigenvalue weighted by molar-refractivity contribution is 7.14. The van der Waals surface area contributed by atoms with Gasteiger partial charge in [0.15, 0.2) is 0 Å². The quantitative estimate of drug-likeness (QED) is 0.713. The minimum atomic E-state index is 0.0845. The molecule has 0 spiro atoms. The summed E-state index contributed by atoms with van der Waals surface area (Å²) in [4.78, 5) is 0. The minimum absolute atomic E-state index is 0.0845. The lowest BCUT2D eigenvalue weighted by atomic mass is 9.99. The molecule has 2 nitrogen and oxygen atoms in total. The molecule has 1 atom stereocenters. The molecule has 11 heavy (non-hydrogen) atoms. The highest BCUT2D eigenvalue weighted by Gasteiger charge is 2.13. The van der Waals surface area contributed by atoms with Gasteiger partial charge in [-0.3, -0.25) is 0 Å². The third-order valence-corrected chi connectivity index (χ3v) is 2.57. The summed E-state index contributed by atoms with van der Waals surface area (Å²) in [6.45, 7) is 4.20. The first-order valence-electron chi connectivity index (χ1n) is 3.71. The van der Waals surface area contributed by atoms with Crippen molar-refractivity contribution in [2.24, 2.45) is 11.7 Å². The van der Waals surface area contributed by atoms with Crippen LogP contribution in [0.25, 0.3) is 0 Å². The fourth-order valence-corrected chi connectivity index (χ4v) is 1.67. The third-order valence-electron chi connectivity index (χ3n) is 1.80. The van der Waals surface area contributed by atoms with Gasteiger partial charge >= 0.3 is 0 Å². The molecule has 1 heterocycles. The topological polar surface area (TPSA) is 52.0 Å². The maximum atomic E-state index is 5.91. The lowest BCUT2D eigenvalue weighted by Crippen LogP contribution is -2.16. The van der Waals surface area contributed by atoms with E-state index in [0.29, 0.717) is 5.92 Å². The Hall–Kier alpha value is -0.540. The largest absolute Gasteiger partial charge is 0.390 e. The molecular weight excluding hydrogens is 156 g/mol. The summed E-state index contributed by atoms with van der Waals surface area (Å²) in [5.74, 6) is 0.451. The first-order chi connectivity index (χ1) is 5.13. The van der Waals surface area contributed by atoms with Gasteiger partial charge in [0.1, 0.15) is 0 Å². The molecule has 0 fully saturated rings. The second-order valence-electron chi connectivity index (χ2n) is 3.01. The molecule has 0 aromatic carbocycles. The minimum Gasteiger partial charge on any atom is -0.390 e. The van der Waals surface area contributed by atoms with Gasteiger partial charge in [0, 0.05) is 11.6 Å². The molecule has 1 unspecified atom stereocenters. The van der Waals surface area contributed by atoms with Crippen LogP contribution in [0.3, 0.4) is 0 Å². The molecule has 0 aliphatic rings. The number of nitrogen functional groups attached to an aromatic ring is 1. The normalized spacial score (nSPS) is 13.8. The van der Waals surface area contributed by atoms with Gasteiger partial charge in [0.25, 0.3) is 0 Å². The van der Waals surface area contributed by atoms with Crippen molar-refractivity contribution in [1.82, 2.24) is 0 Å². The van der Waals surface area contributed by atoms with E-state index in [1.54, 1.807) is 11.3 Å². The molecule has 62 valence electrons. The molecule has 4 N–H and O–H groups in total. The Morgan fingerprint density at radius 1 is 1.45 bits per heavy atom. The lowest BCUT2D eigenvalue weighted by molar-refractivity contribution is 0.516. The van der Waals surface area contributed by atoms with E-state index in [4.69, 9.17) is 11.5 Å². The molecule has 0 aliphatic carbocycles. The standard InChI is InChI=1S/C8H14N2S/c1-5(2)7(9)6-3-4-11-8(6)10/h3-5,7H,9-10H2,1-2H3. The number of hydrogen-bond donors (Lipinski definition) is 2. The fraction of sp³-hybridized carbons (Fsp3) is 0.500. The van der Waals surface area contributed by atoms with Crippen LogP contribution in [0.5, 0.6) is 0 Å². The van der Waals surface area contributed by atoms with Crippen LogP contribution in [-0.2, 0) is 0 Å². The van der Waals surface area contributed by atoms with Crippen LogP contribution < -0.4 is 11.5 Å². The van der Waals surface area contributed by atoms with Gasteiger partial charge in [-0.05, 0) is 17.4 Å². The van der Waals surface area contributed by atoms with Crippen LogP contribution in [0, 0.1) is 5.92 Å². The summed E-state index contributed by atoms with van der Waals surface area (Å²) < 4.78 is 0. The van der Waals surface area contributed by atoms with Crippen LogP contribution in [0.2, 0.25) is 0 Å². The Balaban J connectivity index is 2.84. The predicted molar refractivity (Wildman–Crippen MR) is 50.5 cm³/mol. The number of hydrogen-bond acceptors (Lipinski definition) is 3. The molecule has 3 heteroatoms. The number of rotatable bonds is 2. The van der Waals surface area contributed by atoms with Gasteiger partial charge in [-0.25, -0.2) is 0 Å². The Kier molecular flexibility index (Phi) is 2.52. The van der Waals surface area contributed by atoms with E-state index >= 15 is 0 Å². The first-order valence-corrected chi connectivity index (χ1v) is 4.59. The Labute approximate surface area is 71.2 Å². The zero-order valence-electron chi connectivity index (χ0n) is 6.87. The van der Waals surface area contributed by atoms with Gasteiger partial charge in [0.05, 0.1) is 5.00 Å². The molecule has 1 aromatic heterocycles. The van der Waals surface area contributed by atoms with Crippen LogP contribution in [0.4, 0.5) is 5.00 Å². The number of nitrogens with two attached hydrogens (primary N) is 2. The molecule has 0 bridgehead atoms. The van der Waals surface area contributed by atoms with Crippen molar-refractivity contribution in [1.29, 1.82) is 0 Å². The van der Waals surface area contributed by atoms with Crippen molar-refractivity contribution in [2.75, 3.05) is 5.73 Å². The van der Waals surface area contributed by atoms with Crippen molar-refractivity contribution in [2.45, 2.75) is 19.9 Å². The molecule has 0 saturated heterocycles. The second-order valence-corrected chi connectivity index (χ2v) is 3.96. The maximum Gasteiger partial charge on any atom is 0.0904 e. The summed E-state index contributed by atoms with van der Waals surface area (Å²) in [7, 11) is 0. The monoisotopic (exact) mass is 170 g/mol. The van der Waals surface area contributed by atoms with Crippen molar-refractivity contribution in [3.05, 3.63) is 17.0 Å². The number of thiophene rings is 1. The zero-order valence-corrected chi connectivity index (χ0v) is 7.69. The summed E-state index contributed by atoms with van der Waals surface area (Å²) >= 11 is 1.55. The third kappa shape index (κ3) is 1.73. The predicted octanol–water partition coefficient (Wildman–Crippen LogP) is 1.99. The maximum absolute atomic E-state index is 5.91. The van der Waals surface area contributed by atoms with Gasteiger partial charge in [-0.2, -0.15) is 0 Å². The molecule has 1 rings (SSSR count). The fourth-order valence-electron chi connectivity index (χ4n) is 0.965. The van der Waals surface area contributed by atoms with Crippen LogP contribution in [-0.4, -0.2) is 0 Å². The van der Waals surface area contributed by atoms with E-state index in [0.717, 1.165) is 10.6 Å². The van der Waals surface area contributed by atoms with Gasteiger partial charge in [-0.15, -0.1) is 11.3 Å². The first kappa shape index (κ1) is 8.56. The molecule has 0 radical (unpaired) electrons. The van der Waals surface area contributed by atoms with Crippen LogP contribution >= 0.6 is 11.3 Å². The van der Waals surface area contributed by atoms with Gasteiger partial charge in [-0.1, -0.05) is 13.8 Å². The van der Waals surface area contributed by atoms with Crippen LogP contribution in [0.15, 0.2) is 11.4 Å². The van der Waals surface area contributed by atoms with Gasteiger partial charge < -0.3 is 11.5 Å². The average Bonchev–Trinajstić information content (AvgIpc) is 2.33. The van der Waals surface area contributed by atoms with Crippen molar-refractivity contribution in [3.8, 4) is 0 Å². The van der Waals surface area contributed by atoms with E-state index in [1.165, 1.54) is 0 Å². The smallest absolute Gasteiger partial charge is 0.0904 e.